The Balaban J connectivity index is 2.05. The summed E-state index contributed by atoms with van der Waals surface area (Å²) in [6.45, 7) is 10.2. The molecular formula is C25H26O5. The van der Waals surface area contributed by atoms with Crippen LogP contribution in [-0.4, -0.2) is 29.9 Å². The zero-order valence-corrected chi connectivity index (χ0v) is 18.0. The van der Waals surface area contributed by atoms with Crippen molar-refractivity contribution < 1.29 is 24.2 Å². The molecule has 2 aromatic rings. The molecule has 0 atom stereocenters. The summed E-state index contributed by atoms with van der Waals surface area (Å²) in [5.74, 6) is -0.367. The fourth-order valence-electron chi connectivity index (χ4n) is 3.26. The first-order chi connectivity index (χ1) is 14.2. The minimum Gasteiger partial charge on any atom is -0.507 e. The molecule has 0 aliphatic heterocycles. The van der Waals surface area contributed by atoms with Crippen LogP contribution in [-0.2, 0) is 0 Å². The van der Waals surface area contributed by atoms with Gasteiger partial charge in [-0.3, -0.25) is 9.59 Å². The van der Waals surface area contributed by atoms with Crippen LogP contribution in [0.2, 0.25) is 0 Å². The van der Waals surface area contributed by atoms with Crippen molar-refractivity contribution in [2.75, 3.05) is 13.2 Å². The first kappa shape index (κ1) is 21.4. The third-order valence-corrected chi connectivity index (χ3v) is 4.75. The van der Waals surface area contributed by atoms with E-state index in [1.807, 2.05) is 46.8 Å². The van der Waals surface area contributed by atoms with Gasteiger partial charge in [0.25, 0.3) is 0 Å². The summed E-state index contributed by atoms with van der Waals surface area (Å²) in [7, 11) is 0. The molecule has 0 radical (unpaired) electrons. The van der Waals surface area contributed by atoms with Crippen LogP contribution < -0.4 is 9.47 Å². The van der Waals surface area contributed by atoms with Gasteiger partial charge in [-0.05, 0) is 70.5 Å². The molecule has 0 heterocycles. The van der Waals surface area contributed by atoms with Crippen LogP contribution in [0.15, 0.2) is 47.6 Å². The SMILES string of the molecule is CC(C)=CCOc1cc(O)c2c(c1)C(=O)c1cc(C)cc(OCC=C(C)C)c1C2=O. The highest BCUT2D eigenvalue weighted by molar-refractivity contribution is 6.30. The molecular weight excluding hydrogens is 380 g/mol. The van der Waals surface area contributed by atoms with Crippen LogP contribution in [0.5, 0.6) is 17.2 Å². The van der Waals surface area contributed by atoms with E-state index < -0.39 is 5.78 Å². The van der Waals surface area contributed by atoms with Gasteiger partial charge in [0.2, 0.25) is 5.78 Å². The Morgan fingerprint density at radius 1 is 0.833 bits per heavy atom. The maximum atomic E-state index is 13.3. The van der Waals surface area contributed by atoms with E-state index in [0.29, 0.717) is 18.1 Å². The smallest absolute Gasteiger partial charge is 0.201 e. The van der Waals surface area contributed by atoms with Crippen LogP contribution in [0.1, 0.15) is 65.1 Å². The topological polar surface area (TPSA) is 72.8 Å². The van der Waals surface area contributed by atoms with Gasteiger partial charge < -0.3 is 14.6 Å². The van der Waals surface area contributed by atoms with E-state index >= 15 is 0 Å². The molecule has 0 saturated heterocycles. The summed E-state index contributed by atoms with van der Waals surface area (Å²) >= 11 is 0. The molecule has 5 nitrogen and oxygen atoms in total. The van der Waals surface area contributed by atoms with Crippen molar-refractivity contribution in [3.05, 3.63) is 75.4 Å². The van der Waals surface area contributed by atoms with E-state index in [1.54, 1.807) is 12.1 Å². The normalized spacial score (nSPS) is 12.0. The zero-order valence-electron chi connectivity index (χ0n) is 18.0. The number of hydrogen-bond donors (Lipinski definition) is 1. The summed E-state index contributed by atoms with van der Waals surface area (Å²) in [6.07, 6.45) is 3.78. The maximum absolute atomic E-state index is 13.3. The summed E-state index contributed by atoms with van der Waals surface area (Å²) in [4.78, 5) is 26.5. The predicted octanol–water partition coefficient (Wildman–Crippen LogP) is 5.17. The van der Waals surface area contributed by atoms with Crippen LogP contribution in [0.3, 0.4) is 0 Å². The lowest BCUT2D eigenvalue weighted by Crippen LogP contribution is -2.22. The molecule has 30 heavy (non-hydrogen) atoms. The van der Waals surface area contributed by atoms with E-state index in [4.69, 9.17) is 9.47 Å². The van der Waals surface area contributed by atoms with Crippen molar-refractivity contribution in [3.63, 3.8) is 0 Å². The largest absolute Gasteiger partial charge is 0.507 e. The minimum absolute atomic E-state index is 0.0158. The molecule has 0 fully saturated rings. The Bertz CT molecular complexity index is 1080. The van der Waals surface area contributed by atoms with Crippen molar-refractivity contribution in [2.45, 2.75) is 34.6 Å². The van der Waals surface area contributed by atoms with E-state index in [2.05, 4.69) is 0 Å². The molecule has 0 spiro atoms. The fourth-order valence-corrected chi connectivity index (χ4v) is 3.26. The van der Waals surface area contributed by atoms with Crippen molar-refractivity contribution in [1.82, 2.24) is 0 Å². The number of rotatable bonds is 6. The molecule has 1 N–H and O–H groups in total. The lowest BCUT2D eigenvalue weighted by molar-refractivity contribution is 0.0973. The van der Waals surface area contributed by atoms with Crippen LogP contribution >= 0.6 is 0 Å². The lowest BCUT2D eigenvalue weighted by Gasteiger charge is -2.22. The highest BCUT2D eigenvalue weighted by Crippen LogP contribution is 2.39. The van der Waals surface area contributed by atoms with Gasteiger partial charge in [-0.25, -0.2) is 0 Å². The average Bonchev–Trinajstić information content (AvgIpc) is 2.64. The molecule has 0 bridgehead atoms. The molecule has 1 aliphatic carbocycles. The monoisotopic (exact) mass is 406 g/mol. The Morgan fingerprint density at radius 3 is 2.07 bits per heavy atom. The predicted molar refractivity (Wildman–Crippen MR) is 116 cm³/mol. The number of aromatic hydroxyl groups is 1. The molecule has 5 heteroatoms. The average molecular weight is 406 g/mol. The highest BCUT2D eigenvalue weighted by atomic mass is 16.5. The quantitative estimate of drug-likeness (QED) is 0.572. The van der Waals surface area contributed by atoms with Gasteiger partial charge >= 0.3 is 0 Å². The first-order valence-electron chi connectivity index (χ1n) is 9.82. The number of fused-ring (bicyclic) bond motifs is 2. The number of carbonyl (C=O) groups excluding carboxylic acids is 2. The van der Waals surface area contributed by atoms with Crippen molar-refractivity contribution >= 4 is 11.6 Å². The number of carbonyl (C=O) groups is 2. The minimum atomic E-state index is -0.430. The van der Waals surface area contributed by atoms with E-state index in [-0.39, 0.29) is 40.4 Å². The molecule has 0 saturated carbocycles. The standard InChI is InChI=1S/C25H26O5/c1-14(2)6-8-29-17-12-19-22(20(26)13-17)25(28)23-18(24(19)27)10-16(5)11-21(23)30-9-7-15(3)4/h6-7,10-13,26H,8-9H2,1-5H3. The summed E-state index contributed by atoms with van der Waals surface area (Å²) < 4.78 is 11.4. The zero-order chi connectivity index (χ0) is 22.0. The van der Waals surface area contributed by atoms with Crippen LogP contribution in [0, 0.1) is 6.92 Å². The van der Waals surface area contributed by atoms with E-state index in [1.165, 1.54) is 12.1 Å². The Kier molecular flexibility index (Phi) is 6.11. The van der Waals surface area contributed by atoms with Crippen LogP contribution in [0.25, 0.3) is 0 Å². The molecule has 2 aromatic carbocycles. The second kappa shape index (κ2) is 8.57. The van der Waals surface area contributed by atoms with Gasteiger partial charge in [0, 0.05) is 17.2 Å². The Labute approximate surface area is 176 Å². The second-order valence-corrected chi connectivity index (χ2v) is 7.89. The third-order valence-electron chi connectivity index (χ3n) is 4.75. The highest BCUT2D eigenvalue weighted by Gasteiger charge is 2.35. The Morgan fingerprint density at radius 2 is 1.43 bits per heavy atom. The summed E-state index contributed by atoms with van der Waals surface area (Å²) in [6, 6.07) is 6.30. The van der Waals surface area contributed by atoms with Gasteiger partial charge in [0.15, 0.2) is 5.78 Å². The van der Waals surface area contributed by atoms with Crippen molar-refractivity contribution in [2.24, 2.45) is 0 Å². The summed E-state index contributed by atoms with van der Waals surface area (Å²) in [5, 5.41) is 10.5. The first-order valence-corrected chi connectivity index (χ1v) is 9.82. The number of hydrogen-bond acceptors (Lipinski definition) is 5. The number of ketones is 2. The van der Waals surface area contributed by atoms with Gasteiger partial charge in [-0.15, -0.1) is 0 Å². The number of ether oxygens (including phenoxy) is 2. The number of phenols is 1. The third kappa shape index (κ3) is 4.30. The van der Waals surface area contributed by atoms with E-state index in [0.717, 1.165) is 16.7 Å². The number of aryl methyl sites for hydroxylation is 1. The second-order valence-electron chi connectivity index (χ2n) is 7.89. The van der Waals surface area contributed by atoms with Gasteiger partial charge in [-0.1, -0.05) is 11.1 Å². The van der Waals surface area contributed by atoms with E-state index in [9.17, 15) is 14.7 Å². The van der Waals surface area contributed by atoms with Gasteiger partial charge in [0.1, 0.15) is 30.5 Å². The molecule has 0 unspecified atom stereocenters. The summed E-state index contributed by atoms with van der Waals surface area (Å²) in [5.41, 5.74) is 3.58. The number of phenolic OH excluding ortho intramolecular Hbond substituents is 1. The maximum Gasteiger partial charge on any atom is 0.201 e. The number of benzene rings is 2. The molecule has 1 aliphatic rings. The molecule has 0 amide bonds. The fraction of sp³-hybridized carbons (Fsp3) is 0.280. The lowest BCUT2D eigenvalue weighted by atomic mass is 9.82. The number of allylic oxidation sites excluding steroid dienone is 2. The van der Waals surface area contributed by atoms with Gasteiger partial charge in [0.05, 0.1) is 11.1 Å². The van der Waals surface area contributed by atoms with Crippen molar-refractivity contribution in [3.8, 4) is 17.2 Å². The van der Waals surface area contributed by atoms with Crippen LogP contribution in [0.4, 0.5) is 0 Å². The Hall–Kier alpha value is -3.34. The molecule has 0 aromatic heterocycles. The molecule has 3 rings (SSSR count). The van der Waals surface area contributed by atoms with Crippen molar-refractivity contribution in [1.29, 1.82) is 0 Å². The van der Waals surface area contributed by atoms with Gasteiger partial charge in [-0.2, -0.15) is 0 Å². The molecule has 156 valence electrons.